The van der Waals surface area contributed by atoms with E-state index in [1.807, 2.05) is 0 Å². The fraction of sp³-hybridized carbons (Fsp3) is 0.409. The Morgan fingerprint density at radius 2 is 1.97 bits per heavy atom. The predicted molar refractivity (Wildman–Crippen MR) is 115 cm³/mol. The molecule has 2 aromatic rings. The summed E-state index contributed by atoms with van der Waals surface area (Å²) in [6.07, 6.45) is 2.78. The molecule has 0 bridgehead atoms. The lowest BCUT2D eigenvalue weighted by Gasteiger charge is -2.36. The molecule has 2 aromatic carbocycles. The average molecular weight is 433 g/mol. The number of benzene rings is 2. The van der Waals surface area contributed by atoms with Crippen LogP contribution in [0.5, 0.6) is 5.75 Å². The molecule has 3 rings (SSSR count). The molecule has 1 fully saturated rings. The van der Waals surface area contributed by atoms with E-state index >= 15 is 0 Å². The van der Waals surface area contributed by atoms with Crippen LogP contribution in [0.25, 0.3) is 0 Å². The van der Waals surface area contributed by atoms with Crippen LogP contribution in [-0.2, 0) is 10.0 Å². The van der Waals surface area contributed by atoms with Gasteiger partial charge in [0.2, 0.25) is 0 Å². The van der Waals surface area contributed by atoms with Gasteiger partial charge in [0, 0.05) is 23.8 Å². The van der Waals surface area contributed by atoms with Crippen LogP contribution in [0.4, 0.5) is 5.69 Å². The fourth-order valence-electron chi connectivity index (χ4n) is 3.74. The van der Waals surface area contributed by atoms with Crippen molar-refractivity contribution in [3.05, 3.63) is 54.1 Å². The van der Waals surface area contributed by atoms with Gasteiger partial charge in [0.05, 0.1) is 18.1 Å². The number of hydrogen-bond donors (Lipinski definition) is 2. The molecule has 2 atom stereocenters. The van der Waals surface area contributed by atoms with E-state index in [9.17, 15) is 18.3 Å². The lowest BCUT2D eigenvalue weighted by molar-refractivity contribution is 0.0514. The summed E-state index contributed by atoms with van der Waals surface area (Å²) in [6.45, 7) is 2.33. The molecule has 1 amide bonds. The first kappa shape index (κ1) is 22.1. The summed E-state index contributed by atoms with van der Waals surface area (Å²) in [7, 11) is -2.32. The number of piperidine rings is 1. The number of aliphatic hydroxyl groups excluding tert-OH is 1. The van der Waals surface area contributed by atoms with Crippen molar-refractivity contribution in [3.8, 4) is 5.75 Å². The van der Waals surface area contributed by atoms with Gasteiger partial charge in [0.15, 0.2) is 0 Å². The Hall–Kier alpha value is -2.58. The topological polar surface area (TPSA) is 95.9 Å². The van der Waals surface area contributed by atoms with Crippen molar-refractivity contribution in [2.75, 3.05) is 18.4 Å². The summed E-state index contributed by atoms with van der Waals surface area (Å²) in [6, 6.07) is 12.6. The van der Waals surface area contributed by atoms with Crippen molar-refractivity contribution >= 4 is 21.6 Å². The monoisotopic (exact) mass is 432 g/mol. The second kappa shape index (κ2) is 9.49. The van der Waals surface area contributed by atoms with Crippen LogP contribution >= 0.6 is 0 Å². The number of carbonyl (C=O) groups is 1. The molecule has 7 nitrogen and oxygen atoms in total. The van der Waals surface area contributed by atoms with Crippen LogP contribution in [0.15, 0.2) is 53.4 Å². The quantitative estimate of drug-likeness (QED) is 0.700. The van der Waals surface area contributed by atoms with Crippen LogP contribution in [0.2, 0.25) is 0 Å². The molecule has 0 unspecified atom stereocenters. The molecule has 162 valence electrons. The molecule has 0 aromatic heterocycles. The highest BCUT2D eigenvalue weighted by Gasteiger charge is 2.29. The molecule has 0 radical (unpaired) electrons. The summed E-state index contributed by atoms with van der Waals surface area (Å²) in [5, 5.41) is 9.77. The van der Waals surface area contributed by atoms with E-state index in [1.165, 1.54) is 19.2 Å². The van der Waals surface area contributed by atoms with E-state index in [-0.39, 0.29) is 16.8 Å². The number of ether oxygens (including phenoxy) is 1. The number of amides is 1. The van der Waals surface area contributed by atoms with E-state index < -0.39 is 16.1 Å². The molecule has 1 saturated heterocycles. The van der Waals surface area contributed by atoms with Gasteiger partial charge < -0.3 is 14.7 Å². The molecular formula is C22H28N2O5S. The van der Waals surface area contributed by atoms with Crippen molar-refractivity contribution in [2.45, 2.75) is 49.6 Å². The number of aliphatic hydroxyl groups is 1. The fourth-order valence-corrected chi connectivity index (χ4v) is 4.85. The minimum atomic E-state index is -3.85. The van der Waals surface area contributed by atoms with Crippen molar-refractivity contribution < 1.29 is 23.1 Å². The van der Waals surface area contributed by atoms with Gasteiger partial charge in [-0.25, -0.2) is 8.42 Å². The Bertz CT molecular complexity index is 973. The van der Waals surface area contributed by atoms with E-state index in [2.05, 4.69) is 4.72 Å². The normalized spacial score (nSPS) is 18.0. The number of methoxy groups -OCH3 is 1. The molecule has 8 heteroatoms. The zero-order valence-electron chi connectivity index (χ0n) is 17.2. The molecule has 0 aliphatic carbocycles. The Morgan fingerprint density at radius 3 is 2.63 bits per heavy atom. The maximum absolute atomic E-state index is 13.1. The number of likely N-dealkylation sites (tertiary alicyclic amines) is 1. The van der Waals surface area contributed by atoms with Crippen molar-refractivity contribution in [1.29, 1.82) is 0 Å². The molecule has 2 N–H and O–H groups in total. The average Bonchev–Trinajstić information content (AvgIpc) is 2.73. The number of nitrogens with one attached hydrogen (secondary N) is 1. The summed E-state index contributed by atoms with van der Waals surface area (Å²) >= 11 is 0. The largest absolute Gasteiger partial charge is 0.497 e. The first-order valence-electron chi connectivity index (χ1n) is 10.1. The van der Waals surface area contributed by atoms with Crippen LogP contribution in [-0.4, -0.2) is 50.1 Å². The van der Waals surface area contributed by atoms with E-state index in [4.69, 9.17) is 4.74 Å². The highest BCUT2D eigenvalue weighted by molar-refractivity contribution is 7.92. The number of sulfonamides is 1. The zero-order chi connectivity index (χ0) is 21.7. The second-order valence-corrected chi connectivity index (χ2v) is 9.28. The summed E-state index contributed by atoms with van der Waals surface area (Å²) in [5.74, 6) is 0.417. The van der Waals surface area contributed by atoms with E-state index in [1.54, 1.807) is 48.2 Å². The lowest BCUT2D eigenvalue weighted by Crippen LogP contribution is -2.45. The van der Waals surface area contributed by atoms with Crippen LogP contribution in [0.3, 0.4) is 0 Å². The minimum absolute atomic E-state index is 0.0215. The summed E-state index contributed by atoms with van der Waals surface area (Å²) < 4.78 is 33.2. The molecule has 0 spiro atoms. The Morgan fingerprint density at radius 1 is 1.23 bits per heavy atom. The maximum atomic E-state index is 13.1. The van der Waals surface area contributed by atoms with E-state index in [0.717, 1.165) is 19.3 Å². The maximum Gasteiger partial charge on any atom is 0.261 e. The van der Waals surface area contributed by atoms with Gasteiger partial charge in [-0.1, -0.05) is 6.07 Å². The first-order valence-corrected chi connectivity index (χ1v) is 11.5. The molecule has 0 saturated carbocycles. The van der Waals surface area contributed by atoms with E-state index in [0.29, 0.717) is 30.0 Å². The van der Waals surface area contributed by atoms with Crippen LogP contribution < -0.4 is 9.46 Å². The SMILES string of the molecule is COc1ccc(NS(=O)(=O)c2cccc(C(=O)N3CCCC[C@H]3C[C@@H](C)O)c2)cc1. The van der Waals surface area contributed by atoms with Gasteiger partial charge in [-0.15, -0.1) is 0 Å². The molecule has 30 heavy (non-hydrogen) atoms. The highest BCUT2D eigenvalue weighted by Crippen LogP contribution is 2.25. The molecule has 1 aliphatic heterocycles. The summed E-state index contributed by atoms with van der Waals surface area (Å²) in [5.41, 5.74) is 0.727. The standard InChI is InChI=1S/C22H28N2O5S/c1-16(25)14-19-7-3-4-13-24(19)22(26)17-6-5-8-21(15-17)30(27,28)23-18-9-11-20(29-2)12-10-18/h5-6,8-12,15-16,19,23,25H,3-4,7,13-14H2,1-2H3/t16-,19+/m1/s1. The van der Waals surface area contributed by atoms with Crippen molar-refractivity contribution in [1.82, 2.24) is 4.90 Å². The van der Waals surface area contributed by atoms with Crippen molar-refractivity contribution in [3.63, 3.8) is 0 Å². The zero-order valence-corrected chi connectivity index (χ0v) is 18.1. The van der Waals surface area contributed by atoms with Gasteiger partial charge in [-0.2, -0.15) is 0 Å². The number of carbonyl (C=O) groups excluding carboxylic acids is 1. The van der Waals surface area contributed by atoms with Crippen LogP contribution in [0, 0.1) is 0 Å². The van der Waals surface area contributed by atoms with Crippen molar-refractivity contribution in [2.24, 2.45) is 0 Å². The molecule has 1 heterocycles. The third-order valence-corrected chi connectivity index (χ3v) is 6.61. The van der Waals surface area contributed by atoms with Gasteiger partial charge in [-0.05, 0) is 75.1 Å². The number of nitrogens with zero attached hydrogens (tertiary/aromatic N) is 1. The predicted octanol–water partition coefficient (Wildman–Crippen LogP) is 3.26. The summed E-state index contributed by atoms with van der Waals surface area (Å²) in [4.78, 5) is 14.9. The lowest BCUT2D eigenvalue weighted by atomic mass is 9.96. The third-order valence-electron chi connectivity index (χ3n) is 5.23. The number of anilines is 1. The van der Waals surface area contributed by atoms with Crippen LogP contribution in [0.1, 0.15) is 43.0 Å². The van der Waals surface area contributed by atoms with Gasteiger partial charge in [-0.3, -0.25) is 9.52 Å². The van der Waals surface area contributed by atoms with Gasteiger partial charge in [0.1, 0.15) is 5.75 Å². The first-order chi connectivity index (χ1) is 14.3. The second-order valence-electron chi connectivity index (χ2n) is 7.59. The highest BCUT2D eigenvalue weighted by atomic mass is 32.2. The van der Waals surface area contributed by atoms with Gasteiger partial charge >= 0.3 is 0 Å². The third kappa shape index (κ3) is 5.31. The smallest absolute Gasteiger partial charge is 0.261 e. The Labute approximate surface area is 177 Å². The number of rotatable bonds is 7. The minimum Gasteiger partial charge on any atom is -0.497 e. The molecule has 1 aliphatic rings. The Balaban J connectivity index is 1.80. The number of hydrogen-bond acceptors (Lipinski definition) is 5. The Kier molecular flexibility index (Phi) is 6.99. The molecular weight excluding hydrogens is 404 g/mol. The van der Waals surface area contributed by atoms with Gasteiger partial charge in [0.25, 0.3) is 15.9 Å².